The molecular weight excluding hydrogens is 308 g/mol. The van der Waals surface area contributed by atoms with Gasteiger partial charge in [-0.2, -0.15) is 4.98 Å². The van der Waals surface area contributed by atoms with Crippen LogP contribution in [0.4, 0.5) is 0 Å². The molecule has 3 aromatic rings. The van der Waals surface area contributed by atoms with Gasteiger partial charge >= 0.3 is 0 Å². The first-order chi connectivity index (χ1) is 10.2. The number of halogens is 1. The Morgan fingerprint density at radius 1 is 1.14 bits per heavy atom. The SMILES string of the molecule is Oc1cccc(SCc2nc(-c3ccccc3Cl)no2)c1. The van der Waals surface area contributed by atoms with E-state index in [2.05, 4.69) is 10.1 Å². The van der Waals surface area contributed by atoms with E-state index in [1.54, 1.807) is 24.3 Å². The summed E-state index contributed by atoms with van der Waals surface area (Å²) in [6, 6.07) is 14.4. The summed E-state index contributed by atoms with van der Waals surface area (Å²) < 4.78 is 5.22. The van der Waals surface area contributed by atoms with Crippen LogP contribution in [0, 0.1) is 0 Å². The molecule has 0 bridgehead atoms. The van der Waals surface area contributed by atoms with Gasteiger partial charge in [-0.3, -0.25) is 0 Å². The Morgan fingerprint density at radius 3 is 2.81 bits per heavy atom. The standard InChI is InChI=1S/C15H11ClN2O2S/c16-13-7-2-1-6-12(13)15-17-14(20-18-15)9-21-11-5-3-4-10(19)8-11/h1-8,19H,9H2. The molecule has 21 heavy (non-hydrogen) atoms. The topological polar surface area (TPSA) is 59.2 Å². The van der Waals surface area contributed by atoms with Gasteiger partial charge in [0.25, 0.3) is 0 Å². The number of thioether (sulfide) groups is 1. The Balaban J connectivity index is 1.72. The fourth-order valence-corrected chi connectivity index (χ4v) is 2.79. The summed E-state index contributed by atoms with van der Waals surface area (Å²) in [5.41, 5.74) is 0.747. The summed E-state index contributed by atoms with van der Waals surface area (Å²) in [7, 11) is 0. The zero-order chi connectivity index (χ0) is 14.7. The van der Waals surface area contributed by atoms with Gasteiger partial charge in [-0.1, -0.05) is 35.0 Å². The Kier molecular flexibility index (Phi) is 4.13. The van der Waals surface area contributed by atoms with Gasteiger partial charge in [-0.15, -0.1) is 11.8 Å². The van der Waals surface area contributed by atoms with Crippen molar-refractivity contribution in [3.8, 4) is 17.1 Å². The number of hydrogen-bond acceptors (Lipinski definition) is 5. The van der Waals surface area contributed by atoms with Crippen LogP contribution in [0.3, 0.4) is 0 Å². The molecule has 0 unspecified atom stereocenters. The fourth-order valence-electron chi connectivity index (χ4n) is 1.78. The lowest BCUT2D eigenvalue weighted by Crippen LogP contribution is -1.83. The van der Waals surface area contributed by atoms with Crippen LogP contribution in [0.15, 0.2) is 57.9 Å². The maximum Gasteiger partial charge on any atom is 0.237 e. The highest BCUT2D eigenvalue weighted by Gasteiger charge is 2.11. The Labute approximate surface area is 130 Å². The van der Waals surface area contributed by atoms with Gasteiger partial charge in [0.1, 0.15) is 5.75 Å². The van der Waals surface area contributed by atoms with E-state index in [0.717, 1.165) is 10.5 Å². The van der Waals surface area contributed by atoms with Crippen LogP contribution in [-0.4, -0.2) is 15.2 Å². The van der Waals surface area contributed by atoms with Gasteiger partial charge in [0.15, 0.2) is 0 Å². The average Bonchev–Trinajstić information content (AvgIpc) is 2.94. The highest BCUT2D eigenvalue weighted by atomic mass is 35.5. The lowest BCUT2D eigenvalue weighted by Gasteiger charge is -1.98. The first-order valence-electron chi connectivity index (χ1n) is 6.22. The summed E-state index contributed by atoms with van der Waals surface area (Å²) in [4.78, 5) is 5.27. The van der Waals surface area contributed by atoms with Crippen LogP contribution < -0.4 is 0 Å². The van der Waals surface area contributed by atoms with E-state index >= 15 is 0 Å². The average molecular weight is 319 g/mol. The lowest BCUT2D eigenvalue weighted by atomic mass is 10.2. The quantitative estimate of drug-likeness (QED) is 0.723. The monoisotopic (exact) mass is 318 g/mol. The minimum Gasteiger partial charge on any atom is -0.508 e. The molecule has 0 amide bonds. The van der Waals surface area contributed by atoms with Crippen LogP contribution >= 0.6 is 23.4 Å². The highest BCUT2D eigenvalue weighted by Crippen LogP contribution is 2.28. The van der Waals surface area contributed by atoms with Crippen molar-refractivity contribution in [3.63, 3.8) is 0 Å². The third-order valence-electron chi connectivity index (χ3n) is 2.76. The van der Waals surface area contributed by atoms with E-state index in [1.165, 1.54) is 11.8 Å². The van der Waals surface area contributed by atoms with Crippen LogP contribution in [-0.2, 0) is 5.75 Å². The van der Waals surface area contributed by atoms with Gasteiger partial charge < -0.3 is 9.63 Å². The van der Waals surface area contributed by atoms with Crippen molar-refractivity contribution in [2.45, 2.75) is 10.6 Å². The van der Waals surface area contributed by atoms with Crippen molar-refractivity contribution in [1.29, 1.82) is 0 Å². The molecule has 0 aliphatic carbocycles. The number of phenols is 1. The maximum atomic E-state index is 9.41. The molecule has 106 valence electrons. The highest BCUT2D eigenvalue weighted by molar-refractivity contribution is 7.98. The molecule has 0 fully saturated rings. The minimum atomic E-state index is 0.238. The van der Waals surface area contributed by atoms with Gasteiger partial charge in [-0.25, -0.2) is 0 Å². The molecule has 0 aliphatic heterocycles. The molecule has 2 aromatic carbocycles. The number of nitrogens with zero attached hydrogens (tertiary/aromatic N) is 2. The maximum absolute atomic E-state index is 9.41. The summed E-state index contributed by atoms with van der Waals surface area (Å²) >= 11 is 7.61. The summed E-state index contributed by atoms with van der Waals surface area (Å²) in [5, 5.41) is 13.9. The van der Waals surface area contributed by atoms with Gasteiger partial charge in [0.2, 0.25) is 11.7 Å². The van der Waals surface area contributed by atoms with E-state index in [0.29, 0.717) is 22.5 Å². The Hall–Kier alpha value is -1.98. The summed E-state index contributed by atoms with van der Waals surface area (Å²) in [5.74, 6) is 1.76. The third kappa shape index (κ3) is 3.37. The second-order valence-corrected chi connectivity index (χ2v) is 5.73. The predicted molar refractivity (Wildman–Crippen MR) is 82.4 cm³/mol. The molecule has 0 saturated carbocycles. The van der Waals surface area contributed by atoms with Crippen molar-refractivity contribution in [2.24, 2.45) is 0 Å². The molecular formula is C15H11ClN2O2S. The molecule has 0 radical (unpaired) electrons. The smallest absolute Gasteiger partial charge is 0.237 e. The van der Waals surface area contributed by atoms with E-state index < -0.39 is 0 Å². The van der Waals surface area contributed by atoms with Crippen molar-refractivity contribution in [2.75, 3.05) is 0 Å². The number of aromatic nitrogens is 2. The zero-order valence-corrected chi connectivity index (χ0v) is 12.4. The number of rotatable bonds is 4. The first kappa shape index (κ1) is 14.0. The third-order valence-corrected chi connectivity index (χ3v) is 4.07. The lowest BCUT2D eigenvalue weighted by molar-refractivity contribution is 0.391. The fraction of sp³-hybridized carbons (Fsp3) is 0.0667. The molecule has 4 nitrogen and oxygen atoms in total. The first-order valence-corrected chi connectivity index (χ1v) is 7.58. The molecule has 3 rings (SSSR count). The minimum absolute atomic E-state index is 0.238. The molecule has 1 aromatic heterocycles. The van der Waals surface area contributed by atoms with Crippen LogP contribution in [0.1, 0.15) is 5.89 Å². The Morgan fingerprint density at radius 2 is 2.00 bits per heavy atom. The molecule has 0 aliphatic rings. The van der Waals surface area contributed by atoms with Crippen molar-refractivity contribution in [1.82, 2.24) is 10.1 Å². The second-order valence-electron chi connectivity index (χ2n) is 4.28. The van der Waals surface area contributed by atoms with Gasteiger partial charge in [0.05, 0.1) is 10.8 Å². The van der Waals surface area contributed by atoms with E-state index in [4.69, 9.17) is 16.1 Å². The zero-order valence-electron chi connectivity index (χ0n) is 10.9. The van der Waals surface area contributed by atoms with Crippen LogP contribution in [0.25, 0.3) is 11.4 Å². The largest absolute Gasteiger partial charge is 0.508 e. The van der Waals surface area contributed by atoms with Crippen LogP contribution in [0.5, 0.6) is 5.75 Å². The number of aromatic hydroxyl groups is 1. The molecule has 1 heterocycles. The van der Waals surface area contributed by atoms with E-state index in [1.807, 2.05) is 24.3 Å². The second kappa shape index (κ2) is 6.20. The van der Waals surface area contributed by atoms with Crippen molar-refractivity contribution >= 4 is 23.4 Å². The van der Waals surface area contributed by atoms with Crippen molar-refractivity contribution in [3.05, 3.63) is 59.4 Å². The van der Waals surface area contributed by atoms with E-state index in [9.17, 15) is 5.11 Å². The van der Waals surface area contributed by atoms with Gasteiger partial charge in [-0.05, 0) is 30.3 Å². The Bertz CT molecular complexity index is 761. The molecule has 6 heteroatoms. The number of benzene rings is 2. The molecule has 0 atom stereocenters. The summed E-state index contributed by atoms with van der Waals surface area (Å²) in [6.07, 6.45) is 0. The number of hydrogen-bond donors (Lipinski definition) is 1. The van der Waals surface area contributed by atoms with Crippen molar-refractivity contribution < 1.29 is 9.63 Å². The normalized spacial score (nSPS) is 10.7. The molecule has 0 spiro atoms. The number of phenolic OH excluding ortho intramolecular Hbond substituents is 1. The van der Waals surface area contributed by atoms with Crippen LogP contribution in [0.2, 0.25) is 5.02 Å². The summed E-state index contributed by atoms with van der Waals surface area (Å²) in [6.45, 7) is 0. The predicted octanol–water partition coefficient (Wildman–Crippen LogP) is 4.39. The molecule has 1 N–H and O–H groups in total. The van der Waals surface area contributed by atoms with Gasteiger partial charge in [0, 0.05) is 10.5 Å². The van der Waals surface area contributed by atoms with E-state index in [-0.39, 0.29) is 5.75 Å². The molecule has 0 saturated heterocycles.